The van der Waals surface area contributed by atoms with Crippen LogP contribution in [0.5, 0.6) is 0 Å². The van der Waals surface area contributed by atoms with Gasteiger partial charge in [0.15, 0.2) is 0 Å². The molecule has 1 unspecified atom stereocenters. The molecule has 11 heavy (non-hydrogen) atoms. The quantitative estimate of drug-likeness (QED) is 0.614. The van der Waals surface area contributed by atoms with Crippen molar-refractivity contribution < 1.29 is 9.90 Å². The standard InChI is InChI=1S/C9H14O2/c1-3-5-8(6-4-2)7-9(10)11/h1,8H,4-7H2,2H3,(H,10,11). The largest absolute Gasteiger partial charge is 0.481 e. The smallest absolute Gasteiger partial charge is 0.303 e. The second kappa shape index (κ2) is 5.79. The van der Waals surface area contributed by atoms with E-state index in [1.165, 1.54) is 0 Å². The van der Waals surface area contributed by atoms with Gasteiger partial charge in [0, 0.05) is 12.8 Å². The number of carboxylic acid groups (broad SMARTS) is 1. The van der Waals surface area contributed by atoms with E-state index in [2.05, 4.69) is 5.92 Å². The van der Waals surface area contributed by atoms with Crippen molar-refractivity contribution in [1.82, 2.24) is 0 Å². The summed E-state index contributed by atoms with van der Waals surface area (Å²) in [6.45, 7) is 2.03. The Morgan fingerprint density at radius 3 is 2.73 bits per heavy atom. The third-order valence-corrected chi connectivity index (χ3v) is 1.57. The summed E-state index contributed by atoms with van der Waals surface area (Å²) in [7, 11) is 0. The molecular weight excluding hydrogens is 140 g/mol. The first-order valence-electron chi connectivity index (χ1n) is 3.86. The van der Waals surface area contributed by atoms with E-state index >= 15 is 0 Å². The van der Waals surface area contributed by atoms with Gasteiger partial charge in [0.25, 0.3) is 0 Å². The molecule has 0 aliphatic heterocycles. The van der Waals surface area contributed by atoms with Gasteiger partial charge in [0.2, 0.25) is 0 Å². The normalized spacial score (nSPS) is 12.0. The van der Waals surface area contributed by atoms with Crippen molar-refractivity contribution in [1.29, 1.82) is 0 Å². The molecule has 0 heterocycles. The Labute approximate surface area is 67.6 Å². The molecule has 1 N–H and O–H groups in total. The summed E-state index contributed by atoms with van der Waals surface area (Å²) in [6.07, 6.45) is 7.80. The lowest BCUT2D eigenvalue weighted by molar-refractivity contribution is -0.138. The van der Waals surface area contributed by atoms with Crippen LogP contribution < -0.4 is 0 Å². The average molecular weight is 154 g/mol. The van der Waals surface area contributed by atoms with Gasteiger partial charge in [-0.25, -0.2) is 0 Å². The molecule has 0 aliphatic rings. The summed E-state index contributed by atoms with van der Waals surface area (Å²) in [5.74, 6) is 1.91. The third kappa shape index (κ3) is 5.47. The zero-order valence-electron chi connectivity index (χ0n) is 6.84. The lowest BCUT2D eigenvalue weighted by Gasteiger charge is -2.08. The van der Waals surface area contributed by atoms with E-state index < -0.39 is 5.97 Å². The SMILES string of the molecule is C#CCC(CCC)CC(=O)O. The van der Waals surface area contributed by atoms with Crippen molar-refractivity contribution in [3.05, 3.63) is 0 Å². The Morgan fingerprint density at radius 1 is 1.73 bits per heavy atom. The minimum atomic E-state index is -0.751. The van der Waals surface area contributed by atoms with Crippen molar-refractivity contribution in [3.63, 3.8) is 0 Å². The number of aliphatic carboxylic acids is 1. The summed E-state index contributed by atoms with van der Waals surface area (Å²) in [5.41, 5.74) is 0. The maximum absolute atomic E-state index is 10.3. The molecule has 0 bridgehead atoms. The number of hydrogen-bond acceptors (Lipinski definition) is 1. The number of hydrogen-bond donors (Lipinski definition) is 1. The predicted octanol–water partition coefficient (Wildman–Crippen LogP) is 1.90. The minimum absolute atomic E-state index is 0.169. The van der Waals surface area contributed by atoms with E-state index in [9.17, 15) is 4.79 Å². The molecule has 0 aromatic carbocycles. The van der Waals surface area contributed by atoms with Crippen molar-refractivity contribution in [3.8, 4) is 12.3 Å². The van der Waals surface area contributed by atoms with Gasteiger partial charge < -0.3 is 5.11 Å². The predicted molar refractivity (Wildman–Crippen MR) is 44.1 cm³/mol. The van der Waals surface area contributed by atoms with Crippen LogP contribution in [0.1, 0.15) is 32.6 Å². The fourth-order valence-corrected chi connectivity index (χ4v) is 1.10. The molecular formula is C9H14O2. The highest BCUT2D eigenvalue weighted by molar-refractivity contribution is 5.67. The monoisotopic (exact) mass is 154 g/mol. The number of rotatable bonds is 5. The Kier molecular flexibility index (Phi) is 5.28. The molecule has 1 atom stereocenters. The van der Waals surface area contributed by atoms with Crippen molar-refractivity contribution in [2.75, 3.05) is 0 Å². The zero-order valence-corrected chi connectivity index (χ0v) is 6.84. The van der Waals surface area contributed by atoms with E-state index in [-0.39, 0.29) is 12.3 Å². The number of terminal acetylenes is 1. The summed E-state index contributed by atoms with van der Waals surface area (Å²) in [4.78, 5) is 10.3. The highest BCUT2D eigenvalue weighted by Crippen LogP contribution is 2.14. The van der Waals surface area contributed by atoms with Gasteiger partial charge >= 0.3 is 5.97 Å². The fraction of sp³-hybridized carbons (Fsp3) is 0.667. The van der Waals surface area contributed by atoms with Crippen LogP contribution in [0.25, 0.3) is 0 Å². The Balaban J connectivity index is 3.70. The molecule has 2 nitrogen and oxygen atoms in total. The van der Waals surface area contributed by atoms with Crippen LogP contribution in [0.4, 0.5) is 0 Å². The van der Waals surface area contributed by atoms with Gasteiger partial charge in [-0.05, 0) is 12.3 Å². The second-order valence-electron chi connectivity index (χ2n) is 2.66. The second-order valence-corrected chi connectivity index (χ2v) is 2.66. The van der Waals surface area contributed by atoms with Crippen molar-refractivity contribution >= 4 is 5.97 Å². The summed E-state index contributed by atoms with van der Waals surface area (Å²) >= 11 is 0. The molecule has 2 heteroatoms. The van der Waals surface area contributed by atoms with E-state index in [0.29, 0.717) is 6.42 Å². The van der Waals surface area contributed by atoms with E-state index in [1.807, 2.05) is 6.92 Å². The van der Waals surface area contributed by atoms with E-state index in [0.717, 1.165) is 12.8 Å². The molecule has 0 amide bonds. The maximum Gasteiger partial charge on any atom is 0.303 e. The molecule has 0 aliphatic carbocycles. The summed E-state index contributed by atoms with van der Waals surface area (Å²) in [6, 6.07) is 0. The lowest BCUT2D eigenvalue weighted by atomic mass is 9.97. The molecule has 0 rings (SSSR count). The molecule has 0 saturated carbocycles. The molecule has 0 radical (unpaired) electrons. The van der Waals surface area contributed by atoms with Gasteiger partial charge in [0.1, 0.15) is 0 Å². The molecule has 0 fully saturated rings. The number of carbonyl (C=O) groups is 1. The maximum atomic E-state index is 10.3. The molecule has 0 aromatic heterocycles. The Hall–Kier alpha value is -0.970. The first-order chi connectivity index (χ1) is 5.20. The van der Waals surface area contributed by atoms with Gasteiger partial charge in [-0.2, -0.15) is 0 Å². The molecule has 0 saturated heterocycles. The van der Waals surface area contributed by atoms with Crippen molar-refractivity contribution in [2.24, 2.45) is 5.92 Å². The number of carboxylic acids is 1. The highest BCUT2D eigenvalue weighted by atomic mass is 16.4. The highest BCUT2D eigenvalue weighted by Gasteiger charge is 2.10. The van der Waals surface area contributed by atoms with Crippen LogP contribution in [0.15, 0.2) is 0 Å². The molecule has 62 valence electrons. The van der Waals surface area contributed by atoms with Gasteiger partial charge in [-0.15, -0.1) is 12.3 Å². The summed E-state index contributed by atoms with van der Waals surface area (Å²) < 4.78 is 0. The van der Waals surface area contributed by atoms with Crippen LogP contribution in [0.2, 0.25) is 0 Å². The van der Waals surface area contributed by atoms with E-state index in [4.69, 9.17) is 11.5 Å². The van der Waals surface area contributed by atoms with Crippen LogP contribution in [-0.4, -0.2) is 11.1 Å². The Bertz CT molecular complexity index is 155. The van der Waals surface area contributed by atoms with Crippen molar-refractivity contribution in [2.45, 2.75) is 32.6 Å². The summed E-state index contributed by atoms with van der Waals surface area (Å²) in [5, 5.41) is 8.47. The van der Waals surface area contributed by atoms with Gasteiger partial charge in [-0.1, -0.05) is 13.3 Å². The fourth-order valence-electron chi connectivity index (χ4n) is 1.10. The third-order valence-electron chi connectivity index (χ3n) is 1.57. The van der Waals surface area contributed by atoms with Gasteiger partial charge in [0.05, 0.1) is 0 Å². The minimum Gasteiger partial charge on any atom is -0.481 e. The topological polar surface area (TPSA) is 37.3 Å². The van der Waals surface area contributed by atoms with Crippen LogP contribution in [0.3, 0.4) is 0 Å². The van der Waals surface area contributed by atoms with Crippen LogP contribution >= 0.6 is 0 Å². The lowest BCUT2D eigenvalue weighted by Crippen LogP contribution is -2.06. The first-order valence-corrected chi connectivity index (χ1v) is 3.86. The van der Waals surface area contributed by atoms with Crippen LogP contribution in [-0.2, 0) is 4.79 Å². The van der Waals surface area contributed by atoms with Crippen LogP contribution in [0, 0.1) is 18.3 Å². The average Bonchev–Trinajstić information content (AvgIpc) is 1.87. The Morgan fingerprint density at radius 2 is 2.36 bits per heavy atom. The van der Waals surface area contributed by atoms with E-state index in [1.54, 1.807) is 0 Å². The first kappa shape index (κ1) is 10.0. The molecule has 0 spiro atoms. The zero-order chi connectivity index (χ0) is 8.69. The van der Waals surface area contributed by atoms with Gasteiger partial charge in [-0.3, -0.25) is 4.79 Å². The molecule has 0 aromatic rings.